The summed E-state index contributed by atoms with van der Waals surface area (Å²) in [6.07, 6.45) is 4.36. The molecule has 3 nitrogen and oxygen atoms in total. The Bertz CT molecular complexity index is 335. The molecule has 17 heavy (non-hydrogen) atoms. The lowest BCUT2D eigenvalue weighted by Gasteiger charge is -2.31. The number of hydrogen-bond donors (Lipinski definition) is 1. The summed E-state index contributed by atoms with van der Waals surface area (Å²) in [5, 5.41) is 0. The van der Waals surface area contributed by atoms with Gasteiger partial charge in [-0.1, -0.05) is 6.07 Å². The van der Waals surface area contributed by atoms with Crippen LogP contribution in [-0.2, 0) is 6.54 Å². The van der Waals surface area contributed by atoms with Crippen molar-refractivity contribution in [2.45, 2.75) is 26.3 Å². The summed E-state index contributed by atoms with van der Waals surface area (Å²) in [6, 6.07) is 4.13. The largest absolute Gasteiger partial charge is 0.330 e. The number of piperidine rings is 1. The average Bonchev–Trinajstić information content (AvgIpc) is 2.33. The zero-order valence-corrected chi connectivity index (χ0v) is 11.2. The number of pyridine rings is 1. The second-order valence-corrected chi connectivity index (χ2v) is 4.72. The van der Waals surface area contributed by atoms with Crippen molar-refractivity contribution in [3.8, 4) is 0 Å². The molecule has 0 amide bonds. The first kappa shape index (κ1) is 14.4. The van der Waals surface area contributed by atoms with Gasteiger partial charge < -0.3 is 5.73 Å². The third-order valence-corrected chi connectivity index (χ3v) is 3.53. The molecule has 4 heteroatoms. The molecule has 2 rings (SSSR count). The fraction of sp³-hybridized carbons (Fsp3) is 0.615. The Hall–Kier alpha value is -0.640. The monoisotopic (exact) mass is 255 g/mol. The number of nitrogens with two attached hydrogens (primary N) is 1. The average molecular weight is 256 g/mol. The van der Waals surface area contributed by atoms with Crippen molar-refractivity contribution in [1.29, 1.82) is 0 Å². The highest BCUT2D eigenvalue weighted by Crippen LogP contribution is 2.18. The summed E-state index contributed by atoms with van der Waals surface area (Å²) in [4.78, 5) is 6.93. The normalized spacial score (nSPS) is 17.8. The Labute approximate surface area is 110 Å². The quantitative estimate of drug-likeness (QED) is 0.898. The molecule has 1 aromatic heterocycles. The highest BCUT2D eigenvalue weighted by Gasteiger charge is 2.18. The van der Waals surface area contributed by atoms with Crippen LogP contribution in [0.2, 0.25) is 0 Å². The molecule has 1 aromatic rings. The second kappa shape index (κ2) is 6.94. The van der Waals surface area contributed by atoms with E-state index in [9.17, 15) is 0 Å². The Morgan fingerprint density at radius 3 is 2.71 bits per heavy atom. The first-order valence-electron chi connectivity index (χ1n) is 6.12. The molecule has 0 aromatic carbocycles. The Morgan fingerprint density at radius 2 is 2.12 bits per heavy atom. The van der Waals surface area contributed by atoms with Crippen LogP contribution in [-0.4, -0.2) is 29.5 Å². The maximum atomic E-state index is 5.69. The number of aromatic nitrogens is 1. The molecule has 1 aliphatic rings. The van der Waals surface area contributed by atoms with Gasteiger partial charge in [0.25, 0.3) is 0 Å². The van der Waals surface area contributed by atoms with Crippen molar-refractivity contribution >= 4 is 12.4 Å². The summed E-state index contributed by atoms with van der Waals surface area (Å²) in [7, 11) is 0. The van der Waals surface area contributed by atoms with E-state index in [0.29, 0.717) is 0 Å². The topological polar surface area (TPSA) is 42.2 Å². The van der Waals surface area contributed by atoms with Gasteiger partial charge in [-0.15, -0.1) is 12.4 Å². The number of hydrogen-bond acceptors (Lipinski definition) is 3. The summed E-state index contributed by atoms with van der Waals surface area (Å²) in [6.45, 7) is 6.30. The third kappa shape index (κ3) is 3.95. The van der Waals surface area contributed by atoms with Gasteiger partial charge >= 0.3 is 0 Å². The summed E-state index contributed by atoms with van der Waals surface area (Å²) < 4.78 is 0. The lowest BCUT2D eigenvalue weighted by molar-refractivity contribution is 0.178. The van der Waals surface area contributed by atoms with Crippen LogP contribution in [0, 0.1) is 12.8 Å². The van der Waals surface area contributed by atoms with Gasteiger partial charge in [-0.25, -0.2) is 0 Å². The van der Waals surface area contributed by atoms with Crippen LogP contribution in [0.4, 0.5) is 0 Å². The Morgan fingerprint density at radius 1 is 1.41 bits per heavy atom. The predicted molar refractivity (Wildman–Crippen MR) is 73.3 cm³/mol. The number of aryl methyl sites for hydroxylation is 1. The molecular weight excluding hydrogens is 234 g/mol. The van der Waals surface area contributed by atoms with Gasteiger partial charge in [0.15, 0.2) is 0 Å². The van der Waals surface area contributed by atoms with Gasteiger partial charge in [0.1, 0.15) is 0 Å². The molecule has 2 N–H and O–H groups in total. The van der Waals surface area contributed by atoms with Gasteiger partial charge in [-0.3, -0.25) is 9.88 Å². The Balaban J connectivity index is 0.00000144. The van der Waals surface area contributed by atoms with Crippen LogP contribution in [0.1, 0.15) is 24.1 Å². The van der Waals surface area contributed by atoms with E-state index < -0.39 is 0 Å². The van der Waals surface area contributed by atoms with E-state index in [-0.39, 0.29) is 12.4 Å². The van der Waals surface area contributed by atoms with Crippen LogP contribution in [0.3, 0.4) is 0 Å². The number of rotatable bonds is 3. The van der Waals surface area contributed by atoms with E-state index in [1.807, 2.05) is 12.3 Å². The minimum absolute atomic E-state index is 0. The minimum atomic E-state index is 0. The van der Waals surface area contributed by atoms with Crippen LogP contribution in [0.25, 0.3) is 0 Å². The summed E-state index contributed by atoms with van der Waals surface area (Å²) >= 11 is 0. The molecule has 0 radical (unpaired) electrons. The minimum Gasteiger partial charge on any atom is -0.330 e. The van der Waals surface area contributed by atoms with Crippen LogP contribution < -0.4 is 5.73 Å². The molecule has 0 unspecified atom stereocenters. The van der Waals surface area contributed by atoms with Crippen molar-refractivity contribution < 1.29 is 0 Å². The van der Waals surface area contributed by atoms with Crippen molar-refractivity contribution in [1.82, 2.24) is 9.88 Å². The first-order valence-corrected chi connectivity index (χ1v) is 6.12. The van der Waals surface area contributed by atoms with Gasteiger partial charge in [0.05, 0.1) is 5.69 Å². The maximum absolute atomic E-state index is 5.69. The maximum Gasteiger partial charge on any atom is 0.0573 e. The van der Waals surface area contributed by atoms with Gasteiger partial charge in [0.2, 0.25) is 0 Å². The van der Waals surface area contributed by atoms with Gasteiger partial charge in [0, 0.05) is 12.7 Å². The van der Waals surface area contributed by atoms with Crippen molar-refractivity contribution in [2.75, 3.05) is 19.6 Å². The predicted octanol–water partition coefficient (Wildman–Crippen LogP) is 1.98. The van der Waals surface area contributed by atoms with E-state index >= 15 is 0 Å². The fourth-order valence-electron chi connectivity index (χ4n) is 2.28. The fourth-order valence-corrected chi connectivity index (χ4v) is 2.28. The molecule has 0 saturated carbocycles. The molecule has 96 valence electrons. The van der Waals surface area contributed by atoms with E-state index in [1.165, 1.54) is 24.1 Å². The van der Waals surface area contributed by atoms with Crippen molar-refractivity contribution in [3.63, 3.8) is 0 Å². The van der Waals surface area contributed by atoms with Crippen molar-refractivity contribution in [3.05, 3.63) is 29.6 Å². The molecule has 0 aliphatic carbocycles. The highest BCUT2D eigenvalue weighted by atomic mass is 35.5. The van der Waals surface area contributed by atoms with E-state index in [2.05, 4.69) is 22.9 Å². The highest BCUT2D eigenvalue weighted by molar-refractivity contribution is 5.85. The Kier molecular flexibility index (Phi) is 5.89. The van der Waals surface area contributed by atoms with Crippen molar-refractivity contribution in [2.24, 2.45) is 11.7 Å². The lowest BCUT2D eigenvalue weighted by atomic mass is 9.97. The lowest BCUT2D eigenvalue weighted by Crippen LogP contribution is -2.35. The molecule has 0 atom stereocenters. The molecule has 2 heterocycles. The van der Waals surface area contributed by atoms with E-state index in [1.54, 1.807) is 0 Å². The van der Waals surface area contributed by atoms with Gasteiger partial charge in [-0.05, 0) is 56.9 Å². The molecule has 1 fully saturated rings. The standard InChI is InChI=1S/C13H21N3.ClH/c1-11-3-2-6-15-13(11)10-16-7-4-12(9-14)5-8-16;/h2-3,6,12H,4-5,7-10,14H2,1H3;1H. The SMILES string of the molecule is Cc1cccnc1CN1CCC(CN)CC1.Cl. The molecule has 0 spiro atoms. The third-order valence-electron chi connectivity index (χ3n) is 3.53. The van der Waals surface area contributed by atoms with Crippen LogP contribution in [0.5, 0.6) is 0 Å². The van der Waals surface area contributed by atoms with Crippen LogP contribution >= 0.6 is 12.4 Å². The van der Waals surface area contributed by atoms with E-state index in [0.717, 1.165) is 32.1 Å². The molecular formula is C13H22ClN3. The van der Waals surface area contributed by atoms with E-state index in [4.69, 9.17) is 5.73 Å². The van der Waals surface area contributed by atoms with Gasteiger partial charge in [-0.2, -0.15) is 0 Å². The number of halogens is 1. The zero-order valence-electron chi connectivity index (χ0n) is 10.4. The molecule has 1 aliphatic heterocycles. The zero-order chi connectivity index (χ0) is 11.4. The first-order chi connectivity index (χ1) is 7.79. The molecule has 0 bridgehead atoms. The smallest absolute Gasteiger partial charge is 0.0573 e. The number of nitrogens with zero attached hydrogens (tertiary/aromatic N) is 2. The summed E-state index contributed by atoms with van der Waals surface area (Å²) in [5.41, 5.74) is 8.21. The number of likely N-dealkylation sites (tertiary alicyclic amines) is 1. The van der Waals surface area contributed by atoms with Crippen LogP contribution in [0.15, 0.2) is 18.3 Å². The second-order valence-electron chi connectivity index (χ2n) is 4.72. The summed E-state index contributed by atoms with van der Waals surface area (Å²) in [5.74, 6) is 0.737. The molecule has 1 saturated heterocycles.